The molecule has 1 aliphatic heterocycles. The van der Waals surface area contributed by atoms with Gasteiger partial charge >= 0.3 is 0 Å². The molecule has 0 spiro atoms. The van der Waals surface area contributed by atoms with Crippen LogP contribution in [0.15, 0.2) is 42.5 Å². The number of likely N-dealkylation sites (tertiary alicyclic amines) is 1. The summed E-state index contributed by atoms with van der Waals surface area (Å²) in [6, 6.07) is 13.2. The molecule has 1 saturated heterocycles. The average Bonchev–Trinajstić information content (AvgIpc) is 2.79. The number of carbonyl (C=O) groups excluding carboxylic acids is 2. The molecule has 3 aromatic rings. The Hall–Kier alpha value is -2.99. The Kier molecular flexibility index (Phi) is 6.70. The van der Waals surface area contributed by atoms with E-state index in [-0.39, 0.29) is 17.9 Å². The maximum absolute atomic E-state index is 13.0. The fourth-order valence-corrected chi connectivity index (χ4v) is 4.11. The predicted molar refractivity (Wildman–Crippen MR) is 126 cm³/mol. The van der Waals surface area contributed by atoms with Gasteiger partial charge < -0.3 is 10.2 Å². The molecular formula is C25H27ClN4O2. The first kappa shape index (κ1) is 22.2. The number of nitrogens with zero attached hydrogens (tertiary/aromatic N) is 3. The normalized spacial score (nSPS) is 14.5. The highest BCUT2D eigenvalue weighted by Gasteiger charge is 2.25. The number of aromatic nitrogens is 2. The Morgan fingerprint density at radius 3 is 2.34 bits per heavy atom. The van der Waals surface area contributed by atoms with Crippen molar-refractivity contribution in [2.24, 2.45) is 0 Å². The van der Waals surface area contributed by atoms with E-state index in [0.717, 1.165) is 40.8 Å². The molecule has 1 fully saturated rings. The van der Waals surface area contributed by atoms with Crippen molar-refractivity contribution in [3.05, 3.63) is 70.0 Å². The smallest absolute Gasteiger partial charge is 0.253 e. The lowest BCUT2D eigenvalue weighted by Crippen LogP contribution is -2.46. The minimum atomic E-state index is -0.000516. The van der Waals surface area contributed by atoms with Crippen molar-refractivity contribution in [3.63, 3.8) is 0 Å². The summed E-state index contributed by atoms with van der Waals surface area (Å²) in [4.78, 5) is 36.3. The summed E-state index contributed by atoms with van der Waals surface area (Å²) in [7, 11) is 0. The van der Waals surface area contributed by atoms with Gasteiger partial charge in [-0.3, -0.25) is 9.59 Å². The van der Waals surface area contributed by atoms with Gasteiger partial charge in [-0.2, -0.15) is 0 Å². The number of nitrogens with one attached hydrogen (secondary N) is 1. The molecule has 0 unspecified atom stereocenters. The average molecular weight is 451 g/mol. The number of amides is 2. The summed E-state index contributed by atoms with van der Waals surface area (Å²) in [6.45, 7) is 5.10. The van der Waals surface area contributed by atoms with Gasteiger partial charge in [-0.1, -0.05) is 23.7 Å². The molecule has 1 aromatic heterocycles. The van der Waals surface area contributed by atoms with Crippen molar-refractivity contribution in [3.8, 4) is 0 Å². The van der Waals surface area contributed by atoms with Crippen molar-refractivity contribution in [2.45, 2.75) is 45.6 Å². The number of fused-ring (bicyclic) bond motifs is 1. The van der Waals surface area contributed by atoms with Crippen LogP contribution < -0.4 is 5.32 Å². The lowest BCUT2D eigenvalue weighted by molar-refractivity contribution is -0.122. The maximum atomic E-state index is 13.0. The number of rotatable bonds is 5. The molecule has 32 heavy (non-hydrogen) atoms. The van der Waals surface area contributed by atoms with Gasteiger partial charge in [-0.25, -0.2) is 9.97 Å². The first-order valence-electron chi connectivity index (χ1n) is 11.0. The van der Waals surface area contributed by atoms with E-state index < -0.39 is 0 Å². The van der Waals surface area contributed by atoms with E-state index in [0.29, 0.717) is 36.5 Å². The van der Waals surface area contributed by atoms with Gasteiger partial charge in [-0.15, -0.1) is 0 Å². The number of piperidine rings is 1. The second kappa shape index (κ2) is 9.65. The van der Waals surface area contributed by atoms with Crippen LogP contribution in [0.3, 0.4) is 0 Å². The molecular weight excluding hydrogens is 424 g/mol. The van der Waals surface area contributed by atoms with Crippen LogP contribution in [0.1, 0.15) is 46.6 Å². The predicted octanol–water partition coefficient (Wildman–Crippen LogP) is 4.25. The van der Waals surface area contributed by atoms with Crippen LogP contribution in [0.4, 0.5) is 0 Å². The summed E-state index contributed by atoms with van der Waals surface area (Å²) in [5.74, 6) is 0.0444. The molecule has 1 aliphatic rings. The number of halogens is 1. The summed E-state index contributed by atoms with van der Waals surface area (Å²) >= 11 is 5.90. The lowest BCUT2D eigenvalue weighted by atomic mass is 10.0. The van der Waals surface area contributed by atoms with Gasteiger partial charge in [0.2, 0.25) is 5.91 Å². The SMILES string of the molecule is Cc1nc2ccc(C(=O)N3CCC(NC(=O)CCc4ccc(Cl)cc4)CC3)cc2nc1C. The zero-order valence-electron chi connectivity index (χ0n) is 18.4. The zero-order valence-corrected chi connectivity index (χ0v) is 19.2. The van der Waals surface area contributed by atoms with Gasteiger partial charge in [0, 0.05) is 36.1 Å². The fourth-order valence-electron chi connectivity index (χ4n) is 3.98. The molecule has 2 amide bonds. The van der Waals surface area contributed by atoms with Crippen LogP contribution in [0.25, 0.3) is 11.0 Å². The van der Waals surface area contributed by atoms with Crippen LogP contribution in [0, 0.1) is 13.8 Å². The van der Waals surface area contributed by atoms with E-state index in [1.807, 2.05) is 61.2 Å². The summed E-state index contributed by atoms with van der Waals surface area (Å²) < 4.78 is 0. The maximum Gasteiger partial charge on any atom is 0.253 e. The van der Waals surface area contributed by atoms with Crippen molar-refractivity contribution < 1.29 is 9.59 Å². The molecule has 6 nitrogen and oxygen atoms in total. The third kappa shape index (κ3) is 5.25. The zero-order chi connectivity index (χ0) is 22.7. The number of benzene rings is 2. The Morgan fingerprint density at radius 2 is 1.66 bits per heavy atom. The van der Waals surface area contributed by atoms with Crippen LogP contribution in [-0.2, 0) is 11.2 Å². The first-order valence-corrected chi connectivity index (χ1v) is 11.3. The van der Waals surface area contributed by atoms with E-state index in [1.165, 1.54) is 0 Å². The molecule has 0 radical (unpaired) electrons. The standard InChI is InChI=1S/C25H27ClN4O2/c1-16-17(2)28-23-15-19(6-9-22(23)27-16)25(32)30-13-11-21(12-14-30)29-24(31)10-5-18-3-7-20(26)8-4-18/h3-4,6-9,15,21H,5,10-14H2,1-2H3,(H,29,31). The molecule has 0 atom stereocenters. The number of hydrogen-bond donors (Lipinski definition) is 1. The minimum Gasteiger partial charge on any atom is -0.353 e. The van der Waals surface area contributed by atoms with Gasteiger partial charge in [0.1, 0.15) is 0 Å². The second-order valence-electron chi connectivity index (χ2n) is 8.36. The van der Waals surface area contributed by atoms with Gasteiger partial charge in [0.15, 0.2) is 0 Å². The van der Waals surface area contributed by atoms with Gasteiger partial charge in [0.25, 0.3) is 5.91 Å². The Labute approximate surface area is 193 Å². The van der Waals surface area contributed by atoms with E-state index in [1.54, 1.807) is 0 Å². The summed E-state index contributed by atoms with van der Waals surface area (Å²) in [5, 5.41) is 3.81. The van der Waals surface area contributed by atoms with Crippen LogP contribution in [0.2, 0.25) is 5.02 Å². The van der Waals surface area contributed by atoms with E-state index in [9.17, 15) is 9.59 Å². The fraction of sp³-hybridized carbons (Fsp3) is 0.360. The number of aryl methyl sites for hydroxylation is 3. The second-order valence-corrected chi connectivity index (χ2v) is 8.79. The molecule has 166 valence electrons. The third-order valence-corrected chi connectivity index (χ3v) is 6.28. The van der Waals surface area contributed by atoms with E-state index in [4.69, 9.17) is 11.6 Å². The van der Waals surface area contributed by atoms with E-state index in [2.05, 4.69) is 15.3 Å². The Bertz CT molecular complexity index is 1140. The molecule has 0 aliphatic carbocycles. The summed E-state index contributed by atoms with van der Waals surface area (Å²) in [5.41, 5.74) is 5.02. The Balaban J connectivity index is 1.29. The highest BCUT2D eigenvalue weighted by molar-refractivity contribution is 6.30. The van der Waals surface area contributed by atoms with Crippen LogP contribution >= 0.6 is 11.6 Å². The number of carbonyl (C=O) groups is 2. The first-order chi connectivity index (χ1) is 15.4. The molecule has 2 aromatic carbocycles. The Morgan fingerprint density at radius 1 is 1.00 bits per heavy atom. The molecule has 1 N–H and O–H groups in total. The molecule has 0 bridgehead atoms. The van der Waals surface area contributed by atoms with E-state index >= 15 is 0 Å². The van der Waals surface area contributed by atoms with Crippen molar-refractivity contribution in [2.75, 3.05) is 13.1 Å². The topological polar surface area (TPSA) is 75.2 Å². The van der Waals surface area contributed by atoms with Gasteiger partial charge in [0.05, 0.1) is 22.4 Å². The quantitative estimate of drug-likeness (QED) is 0.630. The molecule has 4 rings (SSSR count). The lowest BCUT2D eigenvalue weighted by Gasteiger charge is -2.32. The van der Waals surface area contributed by atoms with Crippen LogP contribution in [-0.4, -0.2) is 45.8 Å². The van der Waals surface area contributed by atoms with Crippen molar-refractivity contribution in [1.29, 1.82) is 0 Å². The minimum absolute atomic E-state index is 0.000516. The number of hydrogen-bond acceptors (Lipinski definition) is 4. The molecule has 7 heteroatoms. The highest BCUT2D eigenvalue weighted by atomic mass is 35.5. The van der Waals surface area contributed by atoms with Crippen molar-refractivity contribution >= 4 is 34.4 Å². The largest absolute Gasteiger partial charge is 0.353 e. The van der Waals surface area contributed by atoms with Crippen molar-refractivity contribution in [1.82, 2.24) is 20.2 Å². The third-order valence-electron chi connectivity index (χ3n) is 6.02. The highest BCUT2D eigenvalue weighted by Crippen LogP contribution is 2.19. The monoisotopic (exact) mass is 450 g/mol. The summed E-state index contributed by atoms with van der Waals surface area (Å²) in [6.07, 6.45) is 2.64. The molecule has 0 saturated carbocycles. The molecule has 2 heterocycles. The van der Waals surface area contributed by atoms with Crippen LogP contribution in [0.5, 0.6) is 0 Å². The van der Waals surface area contributed by atoms with Gasteiger partial charge in [-0.05, 0) is 69.0 Å².